The van der Waals surface area contributed by atoms with Crippen molar-refractivity contribution in [1.82, 2.24) is 9.80 Å². The molecule has 7 heteroatoms. The lowest BCUT2D eigenvalue weighted by atomic mass is 9.97. The zero-order chi connectivity index (χ0) is 18.7. The minimum atomic E-state index is -0.512. The van der Waals surface area contributed by atoms with Crippen LogP contribution in [-0.2, 0) is 14.3 Å². The number of hydrogen-bond acceptors (Lipinski definition) is 5. The van der Waals surface area contributed by atoms with Crippen LogP contribution in [0, 0.1) is 5.92 Å². The van der Waals surface area contributed by atoms with Gasteiger partial charge >= 0.3 is 12.0 Å². The summed E-state index contributed by atoms with van der Waals surface area (Å²) in [5.74, 6) is -0.424. The van der Waals surface area contributed by atoms with Crippen molar-refractivity contribution < 1.29 is 19.1 Å². The number of imide groups is 1. The van der Waals surface area contributed by atoms with Gasteiger partial charge in [0.2, 0.25) is 0 Å². The third kappa shape index (κ3) is 3.58. The lowest BCUT2D eigenvalue weighted by Crippen LogP contribution is -2.46. The minimum Gasteiger partial charge on any atom is -0.466 e. The van der Waals surface area contributed by atoms with E-state index >= 15 is 0 Å². The first-order valence-electron chi connectivity index (χ1n) is 9.11. The molecule has 3 amide bonds. The van der Waals surface area contributed by atoms with Crippen LogP contribution in [0.15, 0.2) is 30.3 Å². The summed E-state index contributed by atoms with van der Waals surface area (Å²) < 4.78 is 5.08. The highest BCUT2D eigenvalue weighted by Gasteiger charge is 2.44. The van der Waals surface area contributed by atoms with Crippen molar-refractivity contribution in [2.45, 2.75) is 32.7 Å². The molecule has 7 nitrogen and oxygen atoms in total. The van der Waals surface area contributed by atoms with E-state index in [-0.39, 0.29) is 30.5 Å². The van der Waals surface area contributed by atoms with Crippen LogP contribution in [0.1, 0.15) is 26.7 Å². The van der Waals surface area contributed by atoms with E-state index in [9.17, 15) is 14.4 Å². The topological polar surface area (TPSA) is 70.2 Å². The average molecular weight is 359 g/mol. The van der Waals surface area contributed by atoms with Gasteiger partial charge in [-0.15, -0.1) is 0 Å². The first kappa shape index (κ1) is 18.4. The van der Waals surface area contributed by atoms with E-state index in [2.05, 4.69) is 0 Å². The Morgan fingerprint density at radius 3 is 2.42 bits per heavy atom. The van der Waals surface area contributed by atoms with Crippen molar-refractivity contribution in [3.63, 3.8) is 0 Å². The van der Waals surface area contributed by atoms with Crippen molar-refractivity contribution in [3.8, 4) is 0 Å². The monoisotopic (exact) mass is 359 g/mol. The molecule has 3 rings (SSSR count). The predicted octanol–water partition coefficient (Wildman–Crippen LogP) is 2.08. The van der Waals surface area contributed by atoms with Crippen LogP contribution in [0.3, 0.4) is 0 Å². The fourth-order valence-electron chi connectivity index (χ4n) is 3.55. The summed E-state index contributed by atoms with van der Waals surface area (Å²) in [6.45, 7) is 5.54. The van der Waals surface area contributed by atoms with E-state index in [0.717, 1.165) is 5.69 Å². The molecule has 2 aliphatic heterocycles. The van der Waals surface area contributed by atoms with Crippen LogP contribution in [0.4, 0.5) is 10.5 Å². The second kappa shape index (κ2) is 7.86. The van der Waals surface area contributed by atoms with Crippen molar-refractivity contribution in [3.05, 3.63) is 30.3 Å². The number of anilines is 1. The maximum atomic E-state index is 12.8. The van der Waals surface area contributed by atoms with Gasteiger partial charge in [-0.05, 0) is 38.8 Å². The standard InChI is InChI=1S/C19H25N3O4/c1-3-26-18(24)15-9-11-20(12-10-15)13-21-17(23)14(2)22(19(21)25)16-7-5-4-6-8-16/h4-8,14-15H,3,9-13H2,1-2H3. The van der Waals surface area contributed by atoms with E-state index in [1.54, 1.807) is 13.8 Å². The second-order valence-corrected chi connectivity index (χ2v) is 6.72. The van der Waals surface area contributed by atoms with Crippen LogP contribution in [0.5, 0.6) is 0 Å². The van der Waals surface area contributed by atoms with E-state index in [0.29, 0.717) is 32.5 Å². The van der Waals surface area contributed by atoms with Gasteiger partial charge in [-0.3, -0.25) is 19.4 Å². The largest absolute Gasteiger partial charge is 0.466 e. The SMILES string of the molecule is CCOC(=O)C1CCN(CN2C(=O)C(C)N(c3ccccc3)C2=O)CC1. The Hall–Kier alpha value is -2.41. The maximum absolute atomic E-state index is 12.8. The van der Waals surface area contributed by atoms with E-state index in [4.69, 9.17) is 4.74 Å². The molecule has 26 heavy (non-hydrogen) atoms. The Morgan fingerprint density at radius 1 is 1.15 bits per heavy atom. The number of amides is 3. The lowest BCUT2D eigenvalue weighted by Gasteiger charge is -2.32. The van der Waals surface area contributed by atoms with Crippen LogP contribution in [0.2, 0.25) is 0 Å². The summed E-state index contributed by atoms with van der Waals surface area (Å²) in [7, 11) is 0. The average Bonchev–Trinajstić information content (AvgIpc) is 2.86. The van der Waals surface area contributed by atoms with Gasteiger partial charge in [0.15, 0.2) is 0 Å². The van der Waals surface area contributed by atoms with Gasteiger partial charge in [0.25, 0.3) is 5.91 Å². The molecule has 2 saturated heterocycles. The zero-order valence-corrected chi connectivity index (χ0v) is 15.3. The van der Waals surface area contributed by atoms with E-state index in [1.807, 2.05) is 35.2 Å². The van der Waals surface area contributed by atoms with Gasteiger partial charge in [-0.2, -0.15) is 0 Å². The number of benzene rings is 1. The highest BCUT2D eigenvalue weighted by molar-refractivity contribution is 6.14. The van der Waals surface area contributed by atoms with Crippen LogP contribution in [0.25, 0.3) is 0 Å². The number of carbonyl (C=O) groups excluding carboxylic acids is 3. The summed E-state index contributed by atoms with van der Waals surface area (Å²) >= 11 is 0. The Kier molecular flexibility index (Phi) is 5.56. The smallest absolute Gasteiger partial charge is 0.333 e. The highest BCUT2D eigenvalue weighted by Crippen LogP contribution is 2.26. The molecule has 1 aromatic rings. The van der Waals surface area contributed by atoms with Crippen molar-refractivity contribution >= 4 is 23.6 Å². The maximum Gasteiger partial charge on any atom is 0.333 e. The molecule has 0 aromatic heterocycles. The molecule has 1 aromatic carbocycles. The van der Waals surface area contributed by atoms with Gasteiger partial charge in [-0.25, -0.2) is 9.69 Å². The molecular formula is C19H25N3O4. The predicted molar refractivity (Wildman–Crippen MR) is 96.4 cm³/mol. The van der Waals surface area contributed by atoms with Crippen molar-refractivity contribution in [2.24, 2.45) is 5.92 Å². The second-order valence-electron chi connectivity index (χ2n) is 6.72. The summed E-state index contributed by atoms with van der Waals surface area (Å²) in [4.78, 5) is 42.1. The number of nitrogens with zero attached hydrogens (tertiary/aromatic N) is 3. The Bertz CT molecular complexity index is 671. The lowest BCUT2D eigenvalue weighted by molar-refractivity contribution is -0.150. The summed E-state index contributed by atoms with van der Waals surface area (Å²) in [6.07, 6.45) is 1.38. The van der Waals surface area contributed by atoms with E-state index < -0.39 is 6.04 Å². The van der Waals surface area contributed by atoms with Gasteiger partial charge < -0.3 is 4.74 Å². The number of ether oxygens (including phenoxy) is 1. The number of urea groups is 1. The Balaban J connectivity index is 1.61. The number of carbonyl (C=O) groups is 3. The van der Waals surface area contributed by atoms with Gasteiger partial charge in [0, 0.05) is 18.8 Å². The Labute approximate surface area is 153 Å². The third-order valence-electron chi connectivity index (χ3n) is 5.03. The molecule has 0 radical (unpaired) electrons. The molecule has 0 N–H and O–H groups in total. The van der Waals surface area contributed by atoms with Crippen LogP contribution < -0.4 is 4.90 Å². The van der Waals surface area contributed by atoms with Crippen LogP contribution >= 0.6 is 0 Å². The molecule has 1 atom stereocenters. The zero-order valence-electron chi connectivity index (χ0n) is 15.3. The summed E-state index contributed by atoms with van der Waals surface area (Å²) in [6, 6.07) is 8.43. The Morgan fingerprint density at radius 2 is 1.81 bits per heavy atom. The van der Waals surface area contributed by atoms with Crippen molar-refractivity contribution in [1.29, 1.82) is 0 Å². The molecule has 2 fully saturated rings. The molecule has 0 spiro atoms. The molecular weight excluding hydrogens is 334 g/mol. The summed E-state index contributed by atoms with van der Waals surface area (Å²) in [5, 5.41) is 0. The summed E-state index contributed by atoms with van der Waals surface area (Å²) in [5.41, 5.74) is 0.724. The highest BCUT2D eigenvalue weighted by atomic mass is 16.5. The fourth-order valence-corrected chi connectivity index (χ4v) is 3.55. The van der Waals surface area contributed by atoms with Gasteiger partial charge in [0.1, 0.15) is 6.04 Å². The molecule has 2 heterocycles. The van der Waals surface area contributed by atoms with Crippen LogP contribution in [-0.4, -0.2) is 60.1 Å². The quantitative estimate of drug-likeness (QED) is 0.595. The molecule has 140 valence electrons. The molecule has 1 unspecified atom stereocenters. The number of esters is 1. The first-order chi connectivity index (χ1) is 12.5. The van der Waals surface area contributed by atoms with Gasteiger partial charge in [-0.1, -0.05) is 18.2 Å². The molecule has 0 saturated carbocycles. The first-order valence-corrected chi connectivity index (χ1v) is 9.11. The molecule has 2 aliphatic rings. The number of likely N-dealkylation sites (tertiary alicyclic amines) is 1. The normalized spacial score (nSPS) is 22.2. The molecule has 0 aliphatic carbocycles. The molecule has 0 bridgehead atoms. The number of piperidine rings is 1. The number of para-hydroxylation sites is 1. The van der Waals surface area contributed by atoms with Crippen molar-refractivity contribution in [2.75, 3.05) is 31.3 Å². The number of hydrogen-bond donors (Lipinski definition) is 0. The fraction of sp³-hybridized carbons (Fsp3) is 0.526. The van der Waals surface area contributed by atoms with E-state index in [1.165, 1.54) is 9.80 Å². The van der Waals surface area contributed by atoms with Gasteiger partial charge in [0.05, 0.1) is 19.2 Å². The number of rotatable bonds is 5. The minimum absolute atomic E-state index is 0.0871. The third-order valence-corrected chi connectivity index (χ3v) is 5.03.